The molecule has 0 aliphatic carbocycles. The number of hydroxylamine groups is 1. The van der Waals surface area contributed by atoms with Crippen molar-refractivity contribution in [2.24, 2.45) is 0 Å². The van der Waals surface area contributed by atoms with E-state index in [0.29, 0.717) is 0 Å². The standard InChI is InChI=1S/C14H21NO.C2H6/c1-5-12-7-9-13(10-8-12)14(6-2)11(3)16-15-4;1-2/h7-10,15H,5-6H2,1-4H3;1-2H3/b14-11+;. The Labute approximate surface area is 112 Å². The van der Waals surface area contributed by atoms with E-state index in [-0.39, 0.29) is 0 Å². The molecule has 1 aromatic carbocycles. The molecular weight excluding hydrogens is 222 g/mol. The maximum atomic E-state index is 5.34. The summed E-state index contributed by atoms with van der Waals surface area (Å²) < 4.78 is 0. The maximum Gasteiger partial charge on any atom is 0.124 e. The zero-order valence-corrected chi connectivity index (χ0v) is 12.6. The summed E-state index contributed by atoms with van der Waals surface area (Å²) in [7, 11) is 1.77. The number of aryl methyl sites for hydroxylation is 1. The van der Waals surface area contributed by atoms with Gasteiger partial charge in [0.25, 0.3) is 0 Å². The van der Waals surface area contributed by atoms with Gasteiger partial charge < -0.3 is 4.84 Å². The van der Waals surface area contributed by atoms with Crippen molar-refractivity contribution in [2.45, 2.75) is 47.5 Å². The molecular formula is C16H27NO. The molecule has 2 nitrogen and oxygen atoms in total. The lowest BCUT2D eigenvalue weighted by Crippen LogP contribution is -2.06. The highest BCUT2D eigenvalue weighted by Gasteiger charge is 2.05. The van der Waals surface area contributed by atoms with Crippen molar-refractivity contribution in [3.8, 4) is 0 Å². The lowest BCUT2D eigenvalue weighted by Gasteiger charge is -2.11. The molecule has 0 heterocycles. The van der Waals surface area contributed by atoms with Gasteiger partial charge >= 0.3 is 0 Å². The number of nitrogens with one attached hydrogen (secondary N) is 1. The van der Waals surface area contributed by atoms with Gasteiger partial charge in [0.05, 0.1) is 0 Å². The first-order chi connectivity index (χ1) is 8.72. The zero-order chi connectivity index (χ0) is 14.0. The van der Waals surface area contributed by atoms with Crippen LogP contribution in [0, 0.1) is 0 Å². The van der Waals surface area contributed by atoms with E-state index in [2.05, 4.69) is 43.6 Å². The Morgan fingerprint density at radius 3 is 2.06 bits per heavy atom. The van der Waals surface area contributed by atoms with E-state index in [0.717, 1.165) is 18.6 Å². The fraction of sp³-hybridized carbons (Fsp3) is 0.500. The third kappa shape index (κ3) is 4.92. The van der Waals surface area contributed by atoms with Gasteiger partial charge in [-0.25, -0.2) is 0 Å². The average molecular weight is 249 g/mol. The van der Waals surface area contributed by atoms with Gasteiger partial charge in [0, 0.05) is 7.05 Å². The largest absolute Gasteiger partial charge is 0.413 e. The van der Waals surface area contributed by atoms with Crippen LogP contribution < -0.4 is 5.48 Å². The normalized spacial score (nSPS) is 11.2. The fourth-order valence-electron chi connectivity index (χ4n) is 1.81. The Morgan fingerprint density at radius 1 is 1.11 bits per heavy atom. The Hall–Kier alpha value is -1.28. The minimum Gasteiger partial charge on any atom is -0.413 e. The summed E-state index contributed by atoms with van der Waals surface area (Å²) in [5.41, 5.74) is 6.57. The van der Waals surface area contributed by atoms with E-state index in [9.17, 15) is 0 Å². The van der Waals surface area contributed by atoms with E-state index in [1.807, 2.05) is 20.8 Å². The summed E-state index contributed by atoms with van der Waals surface area (Å²) in [6.45, 7) is 10.3. The van der Waals surface area contributed by atoms with Crippen molar-refractivity contribution in [3.05, 3.63) is 41.2 Å². The zero-order valence-electron chi connectivity index (χ0n) is 12.6. The monoisotopic (exact) mass is 249 g/mol. The minimum atomic E-state index is 0.939. The van der Waals surface area contributed by atoms with Crippen LogP contribution in [0.25, 0.3) is 5.57 Å². The second-order valence-corrected chi connectivity index (χ2v) is 3.74. The average Bonchev–Trinajstić information content (AvgIpc) is 2.43. The number of allylic oxidation sites excluding steroid dienone is 2. The molecule has 0 atom stereocenters. The summed E-state index contributed by atoms with van der Waals surface area (Å²) >= 11 is 0. The lowest BCUT2D eigenvalue weighted by molar-refractivity contribution is 0.129. The predicted molar refractivity (Wildman–Crippen MR) is 80.2 cm³/mol. The van der Waals surface area contributed by atoms with Crippen molar-refractivity contribution < 1.29 is 4.84 Å². The molecule has 1 aromatic rings. The maximum absolute atomic E-state index is 5.34. The summed E-state index contributed by atoms with van der Waals surface area (Å²) in [5.74, 6) is 0.939. The van der Waals surface area contributed by atoms with Crippen LogP contribution in [0.15, 0.2) is 30.0 Å². The van der Waals surface area contributed by atoms with Crippen LogP contribution in [-0.2, 0) is 11.3 Å². The first-order valence-corrected chi connectivity index (χ1v) is 6.85. The molecule has 1 N–H and O–H groups in total. The van der Waals surface area contributed by atoms with Crippen LogP contribution in [0.2, 0.25) is 0 Å². The first-order valence-electron chi connectivity index (χ1n) is 6.85. The number of hydrogen-bond acceptors (Lipinski definition) is 2. The molecule has 0 aromatic heterocycles. The van der Waals surface area contributed by atoms with Crippen molar-refractivity contribution in [2.75, 3.05) is 7.05 Å². The molecule has 0 fully saturated rings. The molecule has 0 aliphatic heterocycles. The molecule has 0 saturated heterocycles. The summed E-state index contributed by atoms with van der Waals surface area (Å²) in [6, 6.07) is 8.69. The van der Waals surface area contributed by atoms with Crippen LogP contribution in [0.5, 0.6) is 0 Å². The number of hydrogen-bond donors (Lipinski definition) is 1. The van der Waals surface area contributed by atoms with Crippen molar-refractivity contribution in [3.63, 3.8) is 0 Å². The topological polar surface area (TPSA) is 21.3 Å². The van der Waals surface area contributed by atoms with E-state index in [1.165, 1.54) is 16.7 Å². The Morgan fingerprint density at radius 2 is 1.67 bits per heavy atom. The fourth-order valence-corrected chi connectivity index (χ4v) is 1.81. The van der Waals surface area contributed by atoms with Crippen LogP contribution in [-0.4, -0.2) is 7.05 Å². The molecule has 0 spiro atoms. The number of rotatable bonds is 5. The third-order valence-corrected chi connectivity index (χ3v) is 2.74. The summed E-state index contributed by atoms with van der Waals surface area (Å²) in [6.07, 6.45) is 2.05. The molecule has 0 saturated carbocycles. The van der Waals surface area contributed by atoms with Crippen LogP contribution in [0.4, 0.5) is 0 Å². The van der Waals surface area contributed by atoms with Crippen LogP contribution in [0.3, 0.4) is 0 Å². The van der Waals surface area contributed by atoms with Gasteiger partial charge in [0.1, 0.15) is 5.76 Å². The molecule has 0 amide bonds. The molecule has 0 aliphatic rings. The van der Waals surface area contributed by atoms with Gasteiger partial charge in [0.2, 0.25) is 0 Å². The minimum absolute atomic E-state index is 0.939. The highest BCUT2D eigenvalue weighted by molar-refractivity contribution is 5.67. The lowest BCUT2D eigenvalue weighted by atomic mass is 10.0. The van der Waals surface area contributed by atoms with Crippen molar-refractivity contribution >= 4 is 5.57 Å². The second kappa shape index (κ2) is 9.72. The van der Waals surface area contributed by atoms with Gasteiger partial charge in [0.15, 0.2) is 0 Å². The van der Waals surface area contributed by atoms with E-state index < -0.39 is 0 Å². The Kier molecular flexibility index (Phi) is 9.03. The highest BCUT2D eigenvalue weighted by atomic mass is 16.6. The molecule has 18 heavy (non-hydrogen) atoms. The van der Waals surface area contributed by atoms with Gasteiger partial charge in [-0.1, -0.05) is 52.0 Å². The van der Waals surface area contributed by atoms with Gasteiger partial charge in [-0.05, 0) is 36.5 Å². The smallest absolute Gasteiger partial charge is 0.124 e. The molecule has 2 heteroatoms. The summed E-state index contributed by atoms with van der Waals surface area (Å²) in [5, 5.41) is 0. The van der Waals surface area contributed by atoms with Gasteiger partial charge in [-0.2, -0.15) is 5.48 Å². The van der Waals surface area contributed by atoms with Crippen LogP contribution in [0.1, 0.15) is 52.2 Å². The van der Waals surface area contributed by atoms with E-state index >= 15 is 0 Å². The van der Waals surface area contributed by atoms with Crippen molar-refractivity contribution in [1.82, 2.24) is 5.48 Å². The van der Waals surface area contributed by atoms with Crippen molar-refractivity contribution in [1.29, 1.82) is 0 Å². The number of benzene rings is 1. The molecule has 1 rings (SSSR count). The van der Waals surface area contributed by atoms with E-state index in [4.69, 9.17) is 4.84 Å². The van der Waals surface area contributed by atoms with Gasteiger partial charge in [-0.3, -0.25) is 0 Å². The highest BCUT2D eigenvalue weighted by Crippen LogP contribution is 2.22. The molecule has 0 unspecified atom stereocenters. The molecule has 0 bridgehead atoms. The quantitative estimate of drug-likeness (QED) is 0.610. The van der Waals surface area contributed by atoms with E-state index in [1.54, 1.807) is 7.05 Å². The first kappa shape index (κ1) is 16.7. The second-order valence-electron chi connectivity index (χ2n) is 3.74. The Bertz CT molecular complexity index is 352. The SMILES string of the molecule is CC.CC/C(=C(/C)ONC)c1ccc(CC)cc1. The third-order valence-electron chi connectivity index (χ3n) is 2.74. The van der Waals surface area contributed by atoms with Gasteiger partial charge in [-0.15, -0.1) is 0 Å². The predicted octanol–water partition coefficient (Wildman–Crippen LogP) is 4.57. The summed E-state index contributed by atoms with van der Waals surface area (Å²) in [4.78, 5) is 5.34. The van der Waals surface area contributed by atoms with Crippen LogP contribution >= 0.6 is 0 Å². The Balaban J connectivity index is 0.00000137. The molecule has 102 valence electrons. The molecule has 0 radical (unpaired) electrons.